The molecule has 16 heavy (non-hydrogen) atoms. The lowest BCUT2D eigenvalue weighted by Crippen LogP contribution is -2.55. The SMILES string of the molecule is O=C(O)[C@@]1(CO)NCC[C@H]1CCCB(O)O. The van der Waals surface area contributed by atoms with Crippen LogP contribution in [0, 0.1) is 5.92 Å². The lowest BCUT2D eigenvalue weighted by Gasteiger charge is -2.29. The van der Waals surface area contributed by atoms with Gasteiger partial charge in [0.1, 0.15) is 5.54 Å². The Hall–Kier alpha value is -0.625. The maximum Gasteiger partial charge on any atom is 0.451 e. The number of carbonyl (C=O) groups is 1. The van der Waals surface area contributed by atoms with E-state index in [-0.39, 0.29) is 12.2 Å². The topological polar surface area (TPSA) is 110 Å². The fourth-order valence-electron chi connectivity index (χ4n) is 2.30. The third-order valence-corrected chi connectivity index (χ3v) is 3.28. The molecule has 1 aliphatic heterocycles. The molecule has 0 aliphatic carbocycles. The van der Waals surface area contributed by atoms with Crippen LogP contribution in [0.1, 0.15) is 19.3 Å². The second-order valence-corrected chi connectivity index (χ2v) is 4.26. The Morgan fingerprint density at radius 3 is 2.69 bits per heavy atom. The van der Waals surface area contributed by atoms with E-state index in [4.69, 9.17) is 15.2 Å². The molecule has 2 atom stereocenters. The zero-order valence-corrected chi connectivity index (χ0v) is 9.09. The minimum atomic E-state index is -1.34. The van der Waals surface area contributed by atoms with E-state index in [0.717, 1.165) is 0 Å². The van der Waals surface area contributed by atoms with E-state index in [9.17, 15) is 9.90 Å². The van der Waals surface area contributed by atoms with Crippen molar-refractivity contribution in [2.45, 2.75) is 31.1 Å². The first-order valence-electron chi connectivity index (χ1n) is 5.48. The van der Waals surface area contributed by atoms with Crippen LogP contribution >= 0.6 is 0 Å². The van der Waals surface area contributed by atoms with Crippen LogP contribution in [0.3, 0.4) is 0 Å². The zero-order chi connectivity index (χ0) is 12.2. The van der Waals surface area contributed by atoms with Gasteiger partial charge in [0.15, 0.2) is 0 Å². The van der Waals surface area contributed by atoms with Crippen LogP contribution in [-0.4, -0.2) is 52.0 Å². The van der Waals surface area contributed by atoms with Gasteiger partial charge in [0.2, 0.25) is 0 Å². The summed E-state index contributed by atoms with van der Waals surface area (Å²) in [6, 6.07) is 0. The number of hydrogen-bond donors (Lipinski definition) is 5. The van der Waals surface area contributed by atoms with Crippen LogP contribution < -0.4 is 5.32 Å². The fraction of sp³-hybridized carbons (Fsp3) is 0.889. The molecule has 1 saturated heterocycles. The Bertz CT molecular complexity index is 250. The normalized spacial score (nSPS) is 29.3. The lowest BCUT2D eigenvalue weighted by molar-refractivity contribution is -0.148. The molecule has 1 rings (SSSR count). The van der Waals surface area contributed by atoms with Crippen molar-refractivity contribution in [3.63, 3.8) is 0 Å². The van der Waals surface area contributed by atoms with Gasteiger partial charge in [-0.1, -0.05) is 6.42 Å². The molecule has 0 saturated carbocycles. The summed E-state index contributed by atoms with van der Waals surface area (Å²) in [5.41, 5.74) is -1.25. The average molecular weight is 231 g/mol. The fourth-order valence-corrected chi connectivity index (χ4v) is 2.30. The Morgan fingerprint density at radius 1 is 1.50 bits per heavy atom. The number of hydrogen-bond acceptors (Lipinski definition) is 5. The van der Waals surface area contributed by atoms with E-state index in [1.54, 1.807) is 0 Å². The molecule has 0 amide bonds. The second-order valence-electron chi connectivity index (χ2n) is 4.26. The lowest BCUT2D eigenvalue weighted by atomic mass is 9.77. The molecule has 0 radical (unpaired) electrons. The molecule has 92 valence electrons. The van der Waals surface area contributed by atoms with Gasteiger partial charge in [-0.2, -0.15) is 0 Å². The third-order valence-electron chi connectivity index (χ3n) is 3.28. The maximum atomic E-state index is 11.1. The van der Waals surface area contributed by atoms with Crippen LogP contribution in [0.5, 0.6) is 0 Å². The van der Waals surface area contributed by atoms with Gasteiger partial charge < -0.3 is 20.3 Å². The number of carboxylic acids is 1. The largest absolute Gasteiger partial charge is 0.480 e. The summed E-state index contributed by atoms with van der Waals surface area (Å²) >= 11 is 0. The predicted octanol–water partition coefficient (Wildman–Crippen LogP) is -1.34. The smallest absolute Gasteiger partial charge is 0.451 e. The highest BCUT2D eigenvalue weighted by molar-refractivity contribution is 6.40. The van der Waals surface area contributed by atoms with Crippen molar-refractivity contribution in [2.24, 2.45) is 5.92 Å². The number of aliphatic carboxylic acids is 1. The molecule has 0 aromatic rings. The number of aliphatic hydroxyl groups is 1. The van der Waals surface area contributed by atoms with Crippen molar-refractivity contribution in [3.8, 4) is 0 Å². The summed E-state index contributed by atoms with van der Waals surface area (Å²) in [5.74, 6) is -1.20. The molecule has 7 heteroatoms. The van der Waals surface area contributed by atoms with Crippen molar-refractivity contribution < 1.29 is 25.1 Å². The van der Waals surface area contributed by atoms with E-state index >= 15 is 0 Å². The minimum Gasteiger partial charge on any atom is -0.480 e. The quantitative estimate of drug-likeness (QED) is 0.362. The van der Waals surface area contributed by atoms with Gasteiger partial charge in [-0.3, -0.25) is 10.1 Å². The predicted molar refractivity (Wildman–Crippen MR) is 57.8 cm³/mol. The molecule has 1 heterocycles. The van der Waals surface area contributed by atoms with Crippen molar-refractivity contribution in [1.29, 1.82) is 0 Å². The molecule has 0 bridgehead atoms. The van der Waals surface area contributed by atoms with Crippen LogP contribution in [0.25, 0.3) is 0 Å². The van der Waals surface area contributed by atoms with Gasteiger partial charge >= 0.3 is 13.1 Å². The summed E-state index contributed by atoms with van der Waals surface area (Å²) < 4.78 is 0. The van der Waals surface area contributed by atoms with E-state index in [1.165, 1.54) is 0 Å². The van der Waals surface area contributed by atoms with Crippen molar-refractivity contribution in [1.82, 2.24) is 5.32 Å². The molecule has 0 aromatic heterocycles. The zero-order valence-electron chi connectivity index (χ0n) is 9.09. The van der Waals surface area contributed by atoms with Gasteiger partial charge in [0, 0.05) is 0 Å². The summed E-state index contributed by atoms with van der Waals surface area (Å²) in [5, 5.41) is 38.6. The van der Waals surface area contributed by atoms with Crippen LogP contribution in [0.4, 0.5) is 0 Å². The van der Waals surface area contributed by atoms with Gasteiger partial charge in [0.05, 0.1) is 6.61 Å². The summed E-state index contributed by atoms with van der Waals surface area (Å²) in [7, 11) is -1.34. The van der Waals surface area contributed by atoms with Crippen molar-refractivity contribution in [3.05, 3.63) is 0 Å². The maximum absolute atomic E-state index is 11.1. The molecular formula is C9H18BNO5. The average Bonchev–Trinajstić information content (AvgIpc) is 2.61. The van der Waals surface area contributed by atoms with Crippen molar-refractivity contribution in [2.75, 3.05) is 13.2 Å². The molecule has 5 N–H and O–H groups in total. The first-order valence-corrected chi connectivity index (χ1v) is 5.48. The molecular weight excluding hydrogens is 213 g/mol. The van der Waals surface area contributed by atoms with Gasteiger partial charge in [-0.15, -0.1) is 0 Å². The summed E-state index contributed by atoms with van der Waals surface area (Å²) in [6.45, 7) is 0.133. The third kappa shape index (κ3) is 2.73. The van der Waals surface area contributed by atoms with Gasteiger partial charge in [-0.05, 0) is 31.6 Å². The first kappa shape index (κ1) is 13.4. The van der Waals surface area contributed by atoms with E-state index in [0.29, 0.717) is 25.8 Å². The van der Waals surface area contributed by atoms with Crippen LogP contribution in [-0.2, 0) is 4.79 Å². The highest BCUT2D eigenvalue weighted by Gasteiger charge is 2.48. The van der Waals surface area contributed by atoms with E-state index < -0.39 is 25.2 Å². The Morgan fingerprint density at radius 2 is 2.19 bits per heavy atom. The standard InChI is InChI=1S/C9H18BNO5/c12-6-9(8(13)14)7(3-5-11-9)2-1-4-10(15)16/h7,11-12,15-16H,1-6H2,(H,13,14)/t7-,9+/m1/s1. The first-order chi connectivity index (χ1) is 7.53. The monoisotopic (exact) mass is 231 g/mol. The molecule has 0 unspecified atom stereocenters. The number of aliphatic hydroxyl groups excluding tert-OH is 1. The second kappa shape index (κ2) is 5.63. The van der Waals surface area contributed by atoms with Crippen molar-refractivity contribution >= 4 is 13.1 Å². The molecule has 0 spiro atoms. The highest BCUT2D eigenvalue weighted by atomic mass is 16.4. The number of rotatable bonds is 6. The van der Waals surface area contributed by atoms with E-state index in [1.807, 2.05) is 0 Å². The highest BCUT2D eigenvalue weighted by Crippen LogP contribution is 2.31. The van der Waals surface area contributed by atoms with Crippen LogP contribution in [0.15, 0.2) is 0 Å². The van der Waals surface area contributed by atoms with Crippen LogP contribution in [0.2, 0.25) is 6.32 Å². The van der Waals surface area contributed by atoms with Gasteiger partial charge in [0.25, 0.3) is 0 Å². The number of nitrogens with one attached hydrogen (secondary N) is 1. The number of carboxylic acid groups (broad SMARTS) is 1. The Balaban J connectivity index is 2.54. The molecule has 6 nitrogen and oxygen atoms in total. The summed E-state index contributed by atoms with van der Waals surface area (Å²) in [4.78, 5) is 11.1. The molecule has 1 aliphatic rings. The van der Waals surface area contributed by atoms with E-state index in [2.05, 4.69) is 5.32 Å². The summed E-state index contributed by atoms with van der Waals surface area (Å²) in [6.07, 6.45) is 2.03. The Labute approximate surface area is 94.4 Å². The molecule has 1 fully saturated rings. The molecule has 0 aromatic carbocycles. The Kier molecular flexibility index (Phi) is 4.73. The minimum absolute atomic E-state index is 0.159. The van der Waals surface area contributed by atoms with Gasteiger partial charge in [-0.25, -0.2) is 0 Å².